The molecule has 0 unspecified atom stereocenters. The van der Waals surface area contributed by atoms with Crippen molar-refractivity contribution in [3.05, 3.63) is 89.5 Å². The van der Waals surface area contributed by atoms with Crippen LogP contribution in [0.4, 0.5) is 9.93 Å². The van der Waals surface area contributed by atoms with Gasteiger partial charge in [-0.05, 0) is 48.7 Å². The number of piperazine rings is 1. The van der Waals surface area contributed by atoms with Crippen molar-refractivity contribution in [3.63, 3.8) is 0 Å². The summed E-state index contributed by atoms with van der Waals surface area (Å²) in [7, 11) is 1.61. The number of nitrogens with two attached hydrogens (primary N) is 1. The summed E-state index contributed by atoms with van der Waals surface area (Å²) in [6.07, 6.45) is -0.163. The van der Waals surface area contributed by atoms with Gasteiger partial charge in [-0.2, -0.15) is 5.01 Å². The van der Waals surface area contributed by atoms with Crippen LogP contribution >= 0.6 is 11.3 Å². The third-order valence-electron chi connectivity index (χ3n) is 8.30. The molecule has 2 aliphatic rings. The van der Waals surface area contributed by atoms with E-state index in [4.69, 9.17) is 10.5 Å². The zero-order chi connectivity index (χ0) is 31.7. The molecule has 45 heavy (non-hydrogen) atoms. The highest BCUT2D eigenvalue weighted by Gasteiger charge is 2.52. The zero-order valence-corrected chi connectivity index (χ0v) is 26.4. The maximum Gasteiger partial charge on any atom is 0.332 e. The maximum absolute atomic E-state index is 14.2. The van der Waals surface area contributed by atoms with Gasteiger partial charge in [0.1, 0.15) is 18.0 Å². The predicted octanol–water partition coefficient (Wildman–Crippen LogP) is 3.85. The first kappa shape index (κ1) is 30.4. The lowest BCUT2D eigenvalue weighted by Gasteiger charge is -2.47. The Morgan fingerprint density at radius 3 is 2.53 bits per heavy atom. The second-order valence-electron chi connectivity index (χ2n) is 11.6. The smallest absolute Gasteiger partial charge is 0.332 e. The molecule has 0 saturated carbocycles. The molecular weight excluding hydrogens is 590 g/mol. The van der Waals surface area contributed by atoms with Gasteiger partial charge in [0.15, 0.2) is 5.13 Å². The van der Waals surface area contributed by atoms with Gasteiger partial charge in [0.2, 0.25) is 11.8 Å². The molecule has 2 atom stereocenters. The molecule has 12 heteroatoms. The number of amides is 4. The van der Waals surface area contributed by atoms with Crippen molar-refractivity contribution in [1.29, 1.82) is 0 Å². The Kier molecular flexibility index (Phi) is 8.59. The second-order valence-corrected chi connectivity index (χ2v) is 12.6. The normalized spacial score (nSPS) is 18.5. The maximum atomic E-state index is 14.2. The van der Waals surface area contributed by atoms with Crippen molar-refractivity contribution in [2.24, 2.45) is 0 Å². The van der Waals surface area contributed by atoms with Crippen LogP contribution in [0.2, 0.25) is 0 Å². The number of anilines is 1. The average molecular weight is 628 g/mol. The Balaban J connectivity index is 1.29. The third kappa shape index (κ3) is 6.16. The number of nitrogens with zero attached hydrogens (tertiary/aromatic N) is 5. The van der Waals surface area contributed by atoms with Gasteiger partial charge >= 0.3 is 6.03 Å². The number of methoxy groups -OCH3 is 1. The van der Waals surface area contributed by atoms with Crippen molar-refractivity contribution in [2.45, 2.75) is 51.6 Å². The van der Waals surface area contributed by atoms with Crippen LogP contribution in [0.3, 0.4) is 0 Å². The fraction of sp³-hybridized carbons (Fsp3) is 0.333. The molecule has 11 nitrogen and oxygen atoms in total. The molecule has 234 valence electrons. The van der Waals surface area contributed by atoms with Crippen LogP contribution in [-0.2, 0) is 29.1 Å². The highest BCUT2D eigenvalue weighted by Crippen LogP contribution is 2.33. The molecule has 0 aliphatic carbocycles. The summed E-state index contributed by atoms with van der Waals surface area (Å²) >= 11 is 1.41. The lowest BCUT2D eigenvalue weighted by Crippen LogP contribution is -2.66. The summed E-state index contributed by atoms with van der Waals surface area (Å²) in [5.74, 6) is 0.419. The molecule has 0 bridgehead atoms. The van der Waals surface area contributed by atoms with E-state index in [0.29, 0.717) is 24.6 Å². The molecule has 3 heterocycles. The van der Waals surface area contributed by atoms with Crippen LogP contribution in [-0.4, -0.2) is 81.1 Å². The summed E-state index contributed by atoms with van der Waals surface area (Å²) in [6, 6.07) is 21.8. The molecule has 2 aliphatic heterocycles. The van der Waals surface area contributed by atoms with Gasteiger partial charge in [-0.15, -0.1) is 0 Å². The standard InChI is InChI=1S/C33H37N7O4S/c1-21(2)40(33(43)35-17-23-12-14-25(44-3)15-13-23)38-20-29(41)39-26(16-22-8-5-4-6-9-22)31(42)37(19-28(38)39)18-24-10-7-11-27-30(24)36-32(34)45-27/h4-15,21,26,28H,16-20H2,1-3H3,(H2,34,36)(H,35,43)/t26-,28+/m0/s1. The highest BCUT2D eigenvalue weighted by atomic mass is 32.1. The zero-order valence-electron chi connectivity index (χ0n) is 25.6. The quantitative estimate of drug-likeness (QED) is 0.289. The van der Waals surface area contributed by atoms with E-state index in [0.717, 1.165) is 32.7 Å². The minimum atomic E-state index is -0.722. The lowest BCUT2D eigenvalue weighted by atomic mass is 10.00. The summed E-state index contributed by atoms with van der Waals surface area (Å²) in [5, 5.41) is 6.91. The number of para-hydroxylation sites is 1. The van der Waals surface area contributed by atoms with Gasteiger partial charge in [-0.3, -0.25) is 14.6 Å². The van der Waals surface area contributed by atoms with E-state index in [1.807, 2.05) is 91.7 Å². The molecular formula is C33H37N7O4S. The largest absolute Gasteiger partial charge is 0.497 e. The van der Waals surface area contributed by atoms with Gasteiger partial charge < -0.3 is 25.6 Å². The number of ether oxygens (including phenoxy) is 1. The monoisotopic (exact) mass is 627 g/mol. The third-order valence-corrected chi connectivity index (χ3v) is 9.15. The molecule has 6 rings (SSSR count). The van der Waals surface area contributed by atoms with Crippen LogP contribution in [0.25, 0.3) is 10.2 Å². The molecule has 2 saturated heterocycles. The van der Waals surface area contributed by atoms with E-state index in [9.17, 15) is 14.4 Å². The van der Waals surface area contributed by atoms with Crippen molar-refractivity contribution < 1.29 is 19.1 Å². The van der Waals surface area contributed by atoms with Crippen molar-refractivity contribution in [2.75, 3.05) is 25.9 Å². The second kappa shape index (κ2) is 12.7. The van der Waals surface area contributed by atoms with Crippen LogP contribution < -0.4 is 15.8 Å². The Labute approximate surface area is 266 Å². The van der Waals surface area contributed by atoms with E-state index < -0.39 is 12.2 Å². The Bertz CT molecular complexity index is 1690. The number of nitrogen functional groups attached to an aromatic ring is 1. The predicted molar refractivity (Wildman–Crippen MR) is 173 cm³/mol. The number of hydrazine groups is 1. The molecule has 4 amide bonds. The SMILES string of the molecule is COc1ccc(CNC(=O)N(C(C)C)N2CC(=O)N3[C@@H](Cc4ccccc4)C(=O)N(Cc4cccc5sc(N)nc45)C[C@@H]32)cc1. The van der Waals surface area contributed by atoms with E-state index >= 15 is 0 Å². The molecule has 3 aromatic carbocycles. The number of carbonyl (C=O) groups excluding carboxylic acids is 3. The number of aromatic nitrogens is 1. The average Bonchev–Trinajstić information content (AvgIpc) is 3.57. The number of hydrogen-bond acceptors (Lipinski definition) is 8. The minimum absolute atomic E-state index is 0.0105. The summed E-state index contributed by atoms with van der Waals surface area (Å²) < 4.78 is 6.19. The van der Waals surface area contributed by atoms with Crippen LogP contribution in [0.1, 0.15) is 30.5 Å². The number of benzene rings is 3. The molecule has 3 N–H and O–H groups in total. The number of carbonyl (C=O) groups is 3. The molecule has 0 spiro atoms. The summed E-state index contributed by atoms with van der Waals surface area (Å²) in [5.41, 5.74) is 9.55. The first-order valence-corrected chi connectivity index (χ1v) is 15.8. The van der Waals surface area contributed by atoms with Gasteiger partial charge in [0.05, 0.1) is 30.4 Å². The van der Waals surface area contributed by atoms with E-state index in [1.54, 1.807) is 21.9 Å². The van der Waals surface area contributed by atoms with Crippen molar-refractivity contribution in [3.8, 4) is 5.75 Å². The minimum Gasteiger partial charge on any atom is -0.497 e. The Hall–Kier alpha value is -4.68. The van der Waals surface area contributed by atoms with E-state index in [1.165, 1.54) is 11.3 Å². The van der Waals surface area contributed by atoms with E-state index in [2.05, 4.69) is 10.3 Å². The van der Waals surface area contributed by atoms with Gasteiger partial charge in [-0.1, -0.05) is 65.9 Å². The lowest BCUT2D eigenvalue weighted by molar-refractivity contribution is -0.158. The number of urea groups is 1. The molecule has 2 fully saturated rings. The fourth-order valence-electron chi connectivity index (χ4n) is 6.21. The first-order chi connectivity index (χ1) is 21.7. The highest BCUT2D eigenvalue weighted by molar-refractivity contribution is 7.22. The van der Waals surface area contributed by atoms with Gasteiger partial charge in [-0.25, -0.2) is 9.78 Å². The summed E-state index contributed by atoms with van der Waals surface area (Å²) in [4.78, 5) is 49.6. The molecule has 0 radical (unpaired) electrons. The van der Waals surface area contributed by atoms with Crippen molar-refractivity contribution >= 4 is 44.5 Å². The Morgan fingerprint density at radius 2 is 1.82 bits per heavy atom. The first-order valence-electron chi connectivity index (χ1n) is 15.0. The number of nitrogens with one attached hydrogen (secondary N) is 1. The van der Waals surface area contributed by atoms with Gasteiger partial charge in [0, 0.05) is 25.6 Å². The van der Waals surface area contributed by atoms with Crippen LogP contribution in [0, 0.1) is 0 Å². The number of thiazole rings is 1. The fourth-order valence-corrected chi connectivity index (χ4v) is 6.99. The van der Waals surface area contributed by atoms with Crippen LogP contribution in [0.15, 0.2) is 72.8 Å². The van der Waals surface area contributed by atoms with Crippen molar-refractivity contribution in [1.82, 2.24) is 30.1 Å². The molecule has 4 aromatic rings. The van der Waals surface area contributed by atoms with E-state index in [-0.39, 0.29) is 37.0 Å². The number of hydrogen-bond donors (Lipinski definition) is 2. The van der Waals surface area contributed by atoms with Crippen LogP contribution in [0.5, 0.6) is 5.75 Å². The number of rotatable bonds is 9. The number of fused-ring (bicyclic) bond motifs is 2. The Morgan fingerprint density at radius 1 is 1.07 bits per heavy atom. The topological polar surface area (TPSA) is 124 Å². The van der Waals surface area contributed by atoms with Gasteiger partial charge in [0.25, 0.3) is 0 Å². The summed E-state index contributed by atoms with van der Waals surface area (Å²) in [6.45, 7) is 4.68. The molecule has 1 aromatic heterocycles.